The van der Waals surface area contributed by atoms with Gasteiger partial charge >= 0.3 is 35.8 Å². The van der Waals surface area contributed by atoms with Gasteiger partial charge in [-0.2, -0.15) is 0 Å². The molecule has 1 fully saturated rings. The van der Waals surface area contributed by atoms with Gasteiger partial charge in [0, 0.05) is 16.7 Å². The van der Waals surface area contributed by atoms with Crippen LogP contribution in [0, 0.1) is 17.2 Å². The van der Waals surface area contributed by atoms with E-state index in [1.165, 1.54) is 56.9 Å². The second-order valence-electron chi connectivity index (χ2n) is 18.5. The van der Waals surface area contributed by atoms with Crippen LogP contribution in [-0.4, -0.2) is 83.1 Å². The number of carbonyl (C=O) groups is 6. The third-order valence-electron chi connectivity index (χ3n) is 12.7. The monoisotopic (exact) mass is 970 g/mol. The fourth-order valence-corrected chi connectivity index (χ4v) is 8.65. The van der Waals surface area contributed by atoms with E-state index in [0.29, 0.717) is 53.2 Å². The quantitative estimate of drug-likeness (QED) is 0.0259. The summed E-state index contributed by atoms with van der Waals surface area (Å²) in [5.41, 5.74) is 4.98. The highest BCUT2D eigenvalue weighted by Crippen LogP contribution is 2.42. The number of hydrogen-bond donors (Lipinski definition) is 0. The first-order valence-electron chi connectivity index (χ1n) is 24.3. The van der Waals surface area contributed by atoms with Crippen LogP contribution in [0.15, 0.2) is 72.8 Å². The van der Waals surface area contributed by atoms with Crippen LogP contribution in [0.25, 0.3) is 22.3 Å². The minimum absolute atomic E-state index is 0.0228. The Morgan fingerprint density at radius 3 is 1.70 bits per heavy atom. The number of ether oxygens (including phenoxy) is 7. The van der Waals surface area contributed by atoms with Crippen molar-refractivity contribution in [1.82, 2.24) is 0 Å². The zero-order chi connectivity index (χ0) is 51.4. The predicted molar refractivity (Wildman–Crippen MR) is 263 cm³/mol. The van der Waals surface area contributed by atoms with Gasteiger partial charge in [0.2, 0.25) is 0 Å². The van der Waals surface area contributed by atoms with Gasteiger partial charge in [0.25, 0.3) is 0 Å². The Morgan fingerprint density at radius 1 is 0.629 bits per heavy atom. The minimum Gasteiger partial charge on any atom is -0.492 e. The van der Waals surface area contributed by atoms with Crippen LogP contribution in [-0.2, 0) is 76.5 Å². The minimum atomic E-state index is -1.38. The van der Waals surface area contributed by atoms with Gasteiger partial charge in [0.1, 0.15) is 31.4 Å². The number of halogens is 1. The van der Waals surface area contributed by atoms with E-state index in [9.17, 15) is 28.8 Å². The largest absolute Gasteiger partial charge is 0.492 e. The zero-order valence-corrected chi connectivity index (χ0v) is 42.1. The van der Waals surface area contributed by atoms with Gasteiger partial charge in [-0.1, -0.05) is 89.1 Å². The van der Waals surface area contributed by atoms with E-state index >= 15 is 4.39 Å². The van der Waals surface area contributed by atoms with E-state index in [2.05, 4.69) is 53.8 Å². The number of rotatable bonds is 25. The number of carbonyl (C=O) groups excluding carboxylic acids is 6. The van der Waals surface area contributed by atoms with Crippen LogP contribution in [0.1, 0.15) is 127 Å². The Balaban J connectivity index is 1.77. The highest BCUT2D eigenvalue weighted by Gasteiger charge is 2.34. The van der Waals surface area contributed by atoms with Crippen molar-refractivity contribution >= 4 is 35.8 Å². The molecule has 0 aromatic heterocycles. The SMILES string of the molecule is C=C(C)C(=O)OCCCc1cc(-c2ccc(-c3ccc(C4CCC(CCCCC)CC4)cc3)cc2F)c(CC)c(CCCOC(=O)C(=C)C)c1OCC(C)(COC(=O)C(=O)OC)COC(=O)C(=O)OC. The molecule has 380 valence electrons. The van der Waals surface area contributed by atoms with Gasteiger partial charge < -0.3 is 33.2 Å². The summed E-state index contributed by atoms with van der Waals surface area (Å²) in [6.45, 7) is 14.8. The molecule has 0 saturated heterocycles. The van der Waals surface area contributed by atoms with Gasteiger partial charge in [0.15, 0.2) is 0 Å². The van der Waals surface area contributed by atoms with Crippen molar-refractivity contribution in [2.45, 2.75) is 124 Å². The van der Waals surface area contributed by atoms with E-state index in [0.717, 1.165) is 36.8 Å². The van der Waals surface area contributed by atoms with Gasteiger partial charge in [0.05, 0.1) is 32.8 Å². The molecule has 0 N–H and O–H groups in total. The van der Waals surface area contributed by atoms with Crippen molar-refractivity contribution in [3.8, 4) is 28.0 Å². The summed E-state index contributed by atoms with van der Waals surface area (Å²) in [5, 5.41) is 0. The standard InChI is InChI=1S/C56H71FO13/c1-10-12-13-16-38-19-21-39(22-20-38)40-23-25-41(26-24-40)42-27-28-45(48(57)32-42)47-31-43(17-14-29-66-50(58)36(3)4)49(46(44(47)11-2)18-15-30-67-51(59)37(5)6)68-33-56(7,34-69-54(62)52(60)64-8)35-70-55(63)53(61)65-9/h23-28,31-32,38-39H,3,5,10-22,29-30,33-35H2,1-2,4,6-9H3. The Labute approximate surface area is 412 Å². The summed E-state index contributed by atoms with van der Waals surface area (Å²) in [6.07, 6.45) is 11.7. The lowest BCUT2D eigenvalue weighted by Crippen LogP contribution is -2.39. The highest BCUT2D eigenvalue weighted by molar-refractivity contribution is 6.30. The fourth-order valence-electron chi connectivity index (χ4n) is 8.65. The van der Waals surface area contributed by atoms with Gasteiger partial charge in [-0.3, -0.25) is 0 Å². The van der Waals surface area contributed by atoms with Crippen LogP contribution < -0.4 is 4.74 Å². The topological polar surface area (TPSA) is 167 Å². The fraction of sp³-hybridized carbons (Fsp3) is 0.500. The number of benzene rings is 3. The third kappa shape index (κ3) is 16.4. The summed E-state index contributed by atoms with van der Waals surface area (Å²) in [4.78, 5) is 73.5. The average Bonchev–Trinajstić information content (AvgIpc) is 3.36. The van der Waals surface area contributed by atoms with Gasteiger partial charge in [-0.15, -0.1) is 0 Å². The lowest BCUT2D eigenvalue weighted by molar-refractivity contribution is -0.173. The van der Waals surface area contributed by atoms with Gasteiger partial charge in [-0.25, -0.2) is 33.2 Å². The molecule has 0 unspecified atom stereocenters. The van der Waals surface area contributed by atoms with E-state index in [1.807, 2.05) is 19.1 Å². The van der Waals surface area contributed by atoms with E-state index in [1.54, 1.807) is 32.9 Å². The Bertz CT molecular complexity index is 2290. The smallest absolute Gasteiger partial charge is 0.417 e. The molecule has 0 amide bonds. The summed E-state index contributed by atoms with van der Waals surface area (Å²) < 4.78 is 53.8. The van der Waals surface area contributed by atoms with Crippen molar-refractivity contribution in [1.29, 1.82) is 0 Å². The molecule has 14 heteroatoms. The molecule has 1 saturated carbocycles. The van der Waals surface area contributed by atoms with Crippen molar-refractivity contribution in [3.05, 3.63) is 101 Å². The lowest BCUT2D eigenvalue weighted by atomic mass is 9.77. The molecular formula is C56H71FO13. The van der Waals surface area contributed by atoms with Crippen LogP contribution in [0.3, 0.4) is 0 Å². The first-order chi connectivity index (χ1) is 33.4. The molecule has 0 bridgehead atoms. The number of aryl methyl sites for hydroxylation is 1. The molecular weight excluding hydrogens is 900 g/mol. The number of esters is 6. The molecule has 70 heavy (non-hydrogen) atoms. The second-order valence-corrected chi connectivity index (χ2v) is 18.5. The highest BCUT2D eigenvalue weighted by atomic mass is 19.1. The molecule has 1 aliphatic carbocycles. The summed E-state index contributed by atoms with van der Waals surface area (Å²) in [7, 11) is 2.03. The van der Waals surface area contributed by atoms with Crippen molar-refractivity contribution in [2.24, 2.45) is 11.3 Å². The van der Waals surface area contributed by atoms with Crippen molar-refractivity contribution in [2.75, 3.05) is 47.3 Å². The lowest BCUT2D eigenvalue weighted by Gasteiger charge is -2.30. The number of hydrogen-bond acceptors (Lipinski definition) is 13. The summed E-state index contributed by atoms with van der Waals surface area (Å²) in [5.74, 6) is -4.99. The molecule has 13 nitrogen and oxygen atoms in total. The van der Waals surface area contributed by atoms with Crippen molar-refractivity contribution < 1.29 is 66.3 Å². The Morgan fingerprint density at radius 2 is 1.19 bits per heavy atom. The maximum Gasteiger partial charge on any atom is 0.417 e. The number of unbranched alkanes of at least 4 members (excludes halogenated alkanes) is 2. The molecule has 0 aliphatic heterocycles. The number of methoxy groups -OCH3 is 2. The second kappa shape index (κ2) is 27.8. The molecule has 0 radical (unpaired) electrons. The molecule has 3 aromatic carbocycles. The Hall–Kier alpha value is -6.31. The maximum atomic E-state index is 16.8. The van der Waals surface area contributed by atoms with Gasteiger partial charge in [-0.05, 0) is 141 Å². The summed E-state index contributed by atoms with van der Waals surface area (Å²) in [6, 6.07) is 15.5. The van der Waals surface area contributed by atoms with Crippen LogP contribution in [0.2, 0.25) is 0 Å². The first kappa shape index (κ1) is 56.3. The van der Waals surface area contributed by atoms with E-state index in [-0.39, 0.29) is 43.8 Å². The maximum absolute atomic E-state index is 16.8. The third-order valence-corrected chi connectivity index (χ3v) is 12.7. The molecule has 0 spiro atoms. The zero-order valence-electron chi connectivity index (χ0n) is 42.1. The summed E-state index contributed by atoms with van der Waals surface area (Å²) >= 11 is 0. The van der Waals surface area contributed by atoms with E-state index < -0.39 is 60.3 Å². The predicted octanol–water partition coefficient (Wildman–Crippen LogP) is 10.5. The van der Waals surface area contributed by atoms with E-state index in [4.69, 9.17) is 23.7 Å². The molecule has 1 aliphatic rings. The molecule has 0 atom stereocenters. The molecule has 3 aromatic rings. The van der Waals surface area contributed by atoms with Crippen LogP contribution in [0.5, 0.6) is 5.75 Å². The molecule has 4 rings (SSSR count). The Kier molecular flexibility index (Phi) is 22.3. The molecule has 0 heterocycles. The van der Waals surface area contributed by atoms with Crippen LogP contribution >= 0.6 is 0 Å². The average molecular weight is 971 g/mol. The van der Waals surface area contributed by atoms with Crippen LogP contribution in [0.4, 0.5) is 4.39 Å². The normalized spacial score (nSPS) is 14.5. The van der Waals surface area contributed by atoms with Crippen molar-refractivity contribution in [3.63, 3.8) is 0 Å². The first-order valence-corrected chi connectivity index (χ1v) is 24.3.